The Labute approximate surface area is 88.5 Å². The fourth-order valence-corrected chi connectivity index (χ4v) is 1.41. The topological polar surface area (TPSA) is 43.4 Å². The summed E-state index contributed by atoms with van der Waals surface area (Å²) in [5.41, 5.74) is 0.846. The third kappa shape index (κ3) is 1.96. The van der Waals surface area contributed by atoms with Gasteiger partial charge in [-0.1, -0.05) is 30.3 Å². The third-order valence-corrected chi connectivity index (χ3v) is 2.07. The lowest BCUT2D eigenvalue weighted by molar-refractivity contribution is -0.152. The zero-order chi connectivity index (χ0) is 9.26. The van der Waals surface area contributed by atoms with E-state index in [-0.39, 0.29) is 19.9 Å². The van der Waals surface area contributed by atoms with Gasteiger partial charge in [-0.2, -0.15) is 13.5 Å². The molecule has 0 radical (unpaired) electrons. The molecule has 1 aliphatic rings. The van der Waals surface area contributed by atoms with E-state index in [0.717, 1.165) is 5.56 Å². The van der Waals surface area contributed by atoms with Crippen LogP contribution in [-0.4, -0.2) is 11.9 Å². The monoisotopic (exact) mass is 210 g/mol. The molecule has 1 saturated heterocycles. The average Bonchev–Trinajstić information content (AvgIpc) is 2.47. The number of cyclic esters (lactones) is 2. The zero-order valence-corrected chi connectivity index (χ0v) is 8.40. The molecule has 1 heterocycles. The van der Waals surface area contributed by atoms with Crippen molar-refractivity contribution in [3.8, 4) is 0 Å². The number of rotatable bonds is 1. The smallest absolute Gasteiger partial charge is 0.321 e. The van der Waals surface area contributed by atoms with Crippen molar-refractivity contribution in [2.45, 2.75) is 12.3 Å². The first-order valence-electron chi connectivity index (χ1n) is 4.07. The van der Waals surface area contributed by atoms with Gasteiger partial charge in [0.15, 0.2) is 0 Å². The van der Waals surface area contributed by atoms with Crippen molar-refractivity contribution in [3.63, 3.8) is 0 Å². The van der Waals surface area contributed by atoms with Crippen LogP contribution in [0.2, 0.25) is 0 Å². The molecule has 1 fully saturated rings. The lowest BCUT2D eigenvalue weighted by Crippen LogP contribution is -2.04. The molecule has 0 aromatic heterocycles. The van der Waals surface area contributed by atoms with Gasteiger partial charge in [-0.25, -0.2) is 0 Å². The van der Waals surface area contributed by atoms with Crippen molar-refractivity contribution >= 4 is 25.4 Å². The lowest BCUT2D eigenvalue weighted by atomic mass is 9.98. The number of benzene rings is 1. The highest BCUT2D eigenvalue weighted by molar-refractivity contribution is 7.59. The molecule has 0 N–H and O–H groups in total. The summed E-state index contributed by atoms with van der Waals surface area (Å²) < 4.78 is 4.45. The second-order valence-corrected chi connectivity index (χ2v) is 2.96. The standard InChI is InChI=1S/C10H8O3.H2S/c11-9-6-8(10(12)13-9)7-4-2-1-3-5-7;/h1-5,8H,6H2;1H2. The molecule has 1 aliphatic heterocycles. The van der Waals surface area contributed by atoms with Gasteiger partial charge in [0.25, 0.3) is 0 Å². The quantitative estimate of drug-likeness (QED) is 0.519. The predicted molar refractivity (Wildman–Crippen MR) is 55.3 cm³/mol. The zero-order valence-electron chi connectivity index (χ0n) is 7.40. The molecule has 0 aliphatic carbocycles. The van der Waals surface area contributed by atoms with Gasteiger partial charge >= 0.3 is 11.9 Å². The van der Waals surface area contributed by atoms with Crippen LogP contribution in [0.15, 0.2) is 30.3 Å². The van der Waals surface area contributed by atoms with Crippen molar-refractivity contribution in [1.29, 1.82) is 0 Å². The molecule has 14 heavy (non-hydrogen) atoms. The Morgan fingerprint density at radius 3 is 2.29 bits per heavy atom. The van der Waals surface area contributed by atoms with E-state index in [4.69, 9.17) is 0 Å². The highest BCUT2D eigenvalue weighted by atomic mass is 32.1. The van der Waals surface area contributed by atoms with Crippen molar-refractivity contribution in [3.05, 3.63) is 35.9 Å². The van der Waals surface area contributed by atoms with Crippen molar-refractivity contribution in [1.82, 2.24) is 0 Å². The van der Waals surface area contributed by atoms with Gasteiger partial charge < -0.3 is 4.74 Å². The van der Waals surface area contributed by atoms with E-state index in [1.165, 1.54) is 0 Å². The number of ether oxygens (including phenoxy) is 1. The van der Waals surface area contributed by atoms with Crippen molar-refractivity contribution < 1.29 is 14.3 Å². The number of hydrogen-bond acceptors (Lipinski definition) is 3. The van der Waals surface area contributed by atoms with Crippen LogP contribution < -0.4 is 0 Å². The van der Waals surface area contributed by atoms with E-state index >= 15 is 0 Å². The van der Waals surface area contributed by atoms with Gasteiger partial charge in [-0.3, -0.25) is 9.59 Å². The van der Waals surface area contributed by atoms with Crippen LogP contribution in [0.1, 0.15) is 17.9 Å². The maximum Gasteiger partial charge on any atom is 0.321 e. The summed E-state index contributed by atoms with van der Waals surface area (Å²) in [5, 5.41) is 0. The van der Waals surface area contributed by atoms with Crippen LogP contribution in [0.25, 0.3) is 0 Å². The van der Waals surface area contributed by atoms with E-state index in [2.05, 4.69) is 4.74 Å². The normalized spacial score (nSPS) is 20.1. The predicted octanol–water partition coefficient (Wildman–Crippen LogP) is 1.36. The summed E-state index contributed by atoms with van der Waals surface area (Å²) in [7, 11) is 0. The highest BCUT2D eigenvalue weighted by Gasteiger charge is 2.34. The molecule has 1 aromatic carbocycles. The fourth-order valence-electron chi connectivity index (χ4n) is 1.41. The molecule has 0 spiro atoms. The van der Waals surface area contributed by atoms with Gasteiger partial charge in [-0.05, 0) is 5.56 Å². The van der Waals surface area contributed by atoms with Crippen LogP contribution in [0.3, 0.4) is 0 Å². The summed E-state index contributed by atoms with van der Waals surface area (Å²) in [6, 6.07) is 9.19. The minimum absolute atomic E-state index is 0. The van der Waals surface area contributed by atoms with Gasteiger partial charge in [0, 0.05) is 0 Å². The molecule has 0 saturated carbocycles. The molecule has 1 aromatic rings. The summed E-state index contributed by atoms with van der Waals surface area (Å²) >= 11 is 0. The van der Waals surface area contributed by atoms with E-state index in [1.54, 1.807) is 0 Å². The van der Waals surface area contributed by atoms with Crippen LogP contribution in [0.5, 0.6) is 0 Å². The molecule has 2 rings (SSSR count). The minimum atomic E-state index is -0.434. The number of esters is 2. The molecule has 1 unspecified atom stereocenters. The maximum atomic E-state index is 11.1. The van der Waals surface area contributed by atoms with E-state index in [1.807, 2.05) is 30.3 Å². The van der Waals surface area contributed by atoms with Crippen LogP contribution in [0.4, 0.5) is 0 Å². The Bertz CT molecular complexity index is 348. The first-order valence-corrected chi connectivity index (χ1v) is 4.07. The number of carbonyl (C=O) groups is 2. The lowest BCUT2D eigenvalue weighted by Gasteiger charge is -2.02. The van der Waals surface area contributed by atoms with Gasteiger partial charge in [-0.15, -0.1) is 0 Å². The van der Waals surface area contributed by atoms with E-state index < -0.39 is 17.9 Å². The number of carbonyl (C=O) groups excluding carboxylic acids is 2. The molecule has 1 atom stereocenters. The average molecular weight is 210 g/mol. The molecule has 4 heteroatoms. The van der Waals surface area contributed by atoms with Crippen LogP contribution in [-0.2, 0) is 14.3 Å². The van der Waals surface area contributed by atoms with Crippen LogP contribution in [0, 0.1) is 0 Å². The summed E-state index contributed by atoms with van der Waals surface area (Å²) in [5.74, 6) is -1.26. The van der Waals surface area contributed by atoms with E-state index in [0.29, 0.717) is 0 Å². The number of hydrogen-bond donors (Lipinski definition) is 0. The van der Waals surface area contributed by atoms with Crippen molar-refractivity contribution in [2.75, 3.05) is 0 Å². The molecule has 0 bridgehead atoms. The van der Waals surface area contributed by atoms with Gasteiger partial charge in [0.2, 0.25) is 0 Å². The molecule has 3 nitrogen and oxygen atoms in total. The Kier molecular flexibility index (Phi) is 3.30. The van der Waals surface area contributed by atoms with Gasteiger partial charge in [0.1, 0.15) is 0 Å². The largest absolute Gasteiger partial charge is 0.393 e. The molecule has 0 amide bonds. The first kappa shape index (κ1) is 10.8. The summed E-state index contributed by atoms with van der Waals surface area (Å²) in [4.78, 5) is 21.9. The Morgan fingerprint density at radius 1 is 1.14 bits per heavy atom. The van der Waals surface area contributed by atoms with Crippen molar-refractivity contribution in [2.24, 2.45) is 0 Å². The Balaban J connectivity index is 0.000000980. The first-order chi connectivity index (χ1) is 6.27. The summed E-state index contributed by atoms with van der Waals surface area (Å²) in [6.45, 7) is 0. The molecule has 74 valence electrons. The summed E-state index contributed by atoms with van der Waals surface area (Å²) in [6.07, 6.45) is 0.169. The third-order valence-electron chi connectivity index (χ3n) is 2.07. The van der Waals surface area contributed by atoms with Gasteiger partial charge in [0.05, 0.1) is 12.3 Å². The Morgan fingerprint density at radius 2 is 1.79 bits per heavy atom. The second-order valence-electron chi connectivity index (χ2n) is 2.96. The maximum absolute atomic E-state index is 11.1. The second kappa shape index (κ2) is 4.28. The fraction of sp³-hybridized carbons (Fsp3) is 0.200. The van der Waals surface area contributed by atoms with E-state index in [9.17, 15) is 9.59 Å². The molecular formula is C10H10O3S. The minimum Gasteiger partial charge on any atom is -0.393 e. The SMILES string of the molecule is O=C1CC(c2ccccc2)C(=O)O1.S. The van der Waals surface area contributed by atoms with Crippen LogP contribution >= 0.6 is 13.5 Å². The Hall–Kier alpha value is -1.29. The molecular weight excluding hydrogens is 200 g/mol. The highest BCUT2D eigenvalue weighted by Crippen LogP contribution is 2.26.